The summed E-state index contributed by atoms with van der Waals surface area (Å²) in [6.07, 6.45) is 4.59. The van der Waals surface area contributed by atoms with Crippen LogP contribution >= 0.6 is 0 Å². The van der Waals surface area contributed by atoms with Crippen LogP contribution in [-0.4, -0.2) is 14.8 Å². The number of aromatic nitrogens is 3. The Hall–Kier alpha value is -1.91. The van der Waals surface area contributed by atoms with Crippen molar-refractivity contribution < 1.29 is 4.39 Å². The number of benzene rings is 1. The maximum Gasteiger partial charge on any atom is 0.224 e. The highest BCUT2D eigenvalue weighted by Crippen LogP contribution is 2.17. The fourth-order valence-corrected chi connectivity index (χ4v) is 2.44. The zero-order valence-electron chi connectivity index (χ0n) is 10.8. The fraction of sp³-hybridized carbons (Fsp3) is 0.429. The van der Waals surface area contributed by atoms with Crippen molar-refractivity contribution in [1.82, 2.24) is 14.8 Å². The van der Waals surface area contributed by atoms with E-state index in [1.807, 2.05) is 6.07 Å². The number of aryl methyl sites for hydroxylation is 1. The first-order chi connectivity index (χ1) is 9.33. The van der Waals surface area contributed by atoms with Crippen LogP contribution < -0.4 is 5.32 Å². The van der Waals surface area contributed by atoms with E-state index in [1.54, 1.807) is 6.07 Å². The van der Waals surface area contributed by atoms with Crippen molar-refractivity contribution in [3.63, 3.8) is 0 Å². The van der Waals surface area contributed by atoms with E-state index in [4.69, 9.17) is 0 Å². The van der Waals surface area contributed by atoms with Gasteiger partial charge in [-0.2, -0.15) is 0 Å². The van der Waals surface area contributed by atoms with Gasteiger partial charge in [0.05, 0.1) is 0 Å². The molecule has 0 unspecified atom stereocenters. The van der Waals surface area contributed by atoms with Crippen molar-refractivity contribution in [2.75, 3.05) is 5.32 Å². The quantitative estimate of drug-likeness (QED) is 0.922. The topological polar surface area (TPSA) is 42.7 Å². The highest BCUT2D eigenvalue weighted by molar-refractivity contribution is 5.29. The predicted octanol–water partition coefficient (Wildman–Crippen LogP) is 2.76. The molecule has 0 bridgehead atoms. The van der Waals surface area contributed by atoms with Crippen LogP contribution in [0.1, 0.15) is 30.7 Å². The summed E-state index contributed by atoms with van der Waals surface area (Å²) in [5.41, 5.74) is 0.908. The zero-order chi connectivity index (χ0) is 13.1. The number of fused-ring (bicyclic) bond motifs is 1. The van der Waals surface area contributed by atoms with Crippen LogP contribution in [0.3, 0.4) is 0 Å². The molecular weight excluding hydrogens is 243 g/mol. The van der Waals surface area contributed by atoms with Gasteiger partial charge in [0.1, 0.15) is 11.6 Å². The monoisotopic (exact) mass is 260 g/mol. The Balaban J connectivity index is 1.72. The lowest BCUT2D eigenvalue weighted by Gasteiger charge is -2.09. The van der Waals surface area contributed by atoms with Crippen molar-refractivity contribution >= 4 is 5.95 Å². The summed E-state index contributed by atoms with van der Waals surface area (Å²) in [5, 5.41) is 11.7. The Bertz CT molecular complexity index is 564. The number of nitrogens with zero attached hydrogens (tertiary/aromatic N) is 3. The Morgan fingerprint density at radius 2 is 2.16 bits per heavy atom. The van der Waals surface area contributed by atoms with Crippen LogP contribution in [-0.2, 0) is 19.5 Å². The molecule has 5 heteroatoms. The van der Waals surface area contributed by atoms with E-state index < -0.39 is 0 Å². The highest BCUT2D eigenvalue weighted by Gasteiger charge is 2.14. The summed E-state index contributed by atoms with van der Waals surface area (Å²) in [6, 6.07) is 6.60. The van der Waals surface area contributed by atoms with Gasteiger partial charge in [-0.15, -0.1) is 10.2 Å². The van der Waals surface area contributed by atoms with E-state index in [2.05, 4.69) is 20.1 Å². The largest absolute Gasteiger partial charge is 0.350 e. The standard InChI is InChI=1S/C14H17FN4/c15-12-6-4-5-11(9-12)10-16-14-18-17-13-7-2-1-3-8-19(13)14/h4-6,9H,1-3,7-8,10H2,(H,16,18). The Labute approximate surface area is 111 Å². The first-order valence-electron chi connectivity index (χ1n) is 6.73. The molecule has 3 rings (SSSR count). The lowest BCUT2D eigenvalue weighted by Crippen LogP contribution is -2.09. The average molecular weight is 260 g/mol. The first kappa shape index (κ1) is 12.1. The van der Waals surface area contributed by atoms with Crippen molar-refractivity contribution in [2.45, 2.75) is 38.8 Å². The minimum Gasteiger partial charge on any atom is -0.350 e. The summed E-state index contributed by atoms with van der Waals surface area (Å²) in [4.78, 5) is 0. The van der Waals surface area contributed by atoms with Gasteiger partial charge in [0.2, 0.25) is 5.95 Å². The smallest absolute Gasteiger partial charge is 0.224 e. The second-order valence-electron chi connectivity index (χ2n) is 4.89. The van der Waals surface area contributed by atoms with Crippen molar-refractivity contribution in [3.05, 3.63) is 41.5 Å². The van der Waals surface area contributed by atoms with Gasteiger partial charge in [0.25, 0.3) is 0 Å². The third kappa shape index (κ3) is 2.75. The molecule has 1 aromatic carbocycles. The molecule has 1 aliphatic rings. The average Bonchev–Trinajstić information content (AvgIpc) is 2.64. The molecule has 1 aliphatic heterocycles. The van der Waals surface area contributed by atoms with E-state index in [0.29, 0.717) is 6.54 Å². The Kier molecular flexibility index (Phi) is 3.44. The Morgan fingerprint density at radius 3 is 3.05 bits per heavy atom. The minimum atomic E-state index is -0.209. The molecule has 1 N–H and O–H groups in total. The summed E-state index contributed by atoms with van der Waals surface area (Å²) in [7, 11) is 0. The fourth-order valence-electron chi connectivity index (χ4n) is 2.44. The maximum atomic E-state index is 13.1. The van der Waals surface area contributed by atoms with Crippen molar-refractivity contribution in [2.24, 2.45) is 0 Å². The van der Waals surface area contributed by atoms with Gasteiger partial charge in [-0.25, -0.2) is 4.39 Å². The van der Waals surface area contributed by atoms with E-state index >= 15 is 0 Å². The predicted molar refractivity (Wildman–Crippen MR) is 71.3 cm³/mol. The van der Waals surface area contributed by atoms with Crippen molar-refractivity contribution in [3.8, 4) is 0 Å². The number of hydrogen-bond acceptors (Lipinski definition) is 3. The lowest BCUT2D eigenvalue weighted by molar-refractivity contribution is 0.625. The molecule has 2 heterocycles. The molecule has 0 radical (unpaired) electrons. The van der Waals surface area contributed by atoms with Crippen LogP contribution in [0.15, 0.2) is 24.3 Å². The second kappa shape index (κ2) is 5.38. The Morgan fingerprint density at radius 1 is 1.21 bits per heavy atom. The maximum absolute atomic E-state index is 13.1. The third-order valence-corrected chi connectivity index (χ3v) is 3.45. The van der Waals surface area contributed by atoms with Crippen LogP contribution in [0.2, 0.25) is 0 Å². The first-order valence-corrected chi connectivity index (χ1v) is 6.73. The molecule has 19 heavy (non-hydrogen) atoms. The van der Waals surface area contributed by atoms with E-state index in [-0.39, 0.29) is 5.82 Å². The molecule has 1 aromatic heterocycles. The minimum absolute atomic E-state index is 0.209. The summed E-state index contributed by atoms with van der Waals surface area (Å²) in [6.45, 7) is 1.53. The van der Waals surface area contributed by atoms with Gasteiger partial charge in [0, 0.05) is 19.5 Å². The number of anilines is 1. The lowest BCUT2D eigenvalue weighted by atomic mass is 10.2. The molecule has 0 fully saturated rings. The molecule has 2 aromatic rings. The van der Waals surface area contributed by atoms with Crippen LogP contribution in [0, 0.1) is 5.82 Å². The summed E-state index contributed by atoms with van der Waals surface area (Å²) >= 11 is 0. The van der Waals surface area contributed by atoms with E-state index in [9.17, 15) is 4.39 Å². The molecular formula is C14H17FN4. The van der Waals surface area contributed by atoms with E-state index in [0.717, 1.165) is 30.3 Å². The number of nitrogens with one attached hydrogen (secondary N) is 1. The van der Waals surface area contributed by atoms with Gasteiger partial charge < -0.3 is 5.32 Å². The molecule has 0 saturated heterocycles. The van der Waals surface area contributed by atoms with Gasteiger partial charge in [-0.05, 0) is 30.5 Å². The van der Waals surface area contributed by atoms with Gasteiger partial charge >= 0.3 is 0 Å². The highest BCUT2D eigenvalue weighted by atomic mass is 19.1. The normalized spacial score (nSPS) is 14.8. The number of rotatable bonds is 3. The van der Waals surface area contributed by atoms with Crippen molar-refractivity contribution in [1.29, 1.82) is 0 Å². The van der Waals surface area contributed by atoms with Gasteiger partial charge in [-0.1, -0.05) is 18.6 Å². The molecule has 0 atom stereocenters. The van der Waals surface area contributed by atoms with Gasteiger partial charge in [0.15, 0.2) is 0 Å². The third-order valence-electron chi connectivity index (χ3n) is 3.45. The number of halogens is 1. The van der Waals surface area contributed by atoms with Gasteiger partial charge in [-0.3, -0.25) is 4.57 Å². The number of hydrogen-bond donors (Lipinski definition) is 1. The zero-order valence-corrected chi connectivity index (χ0v) is 10.8. The molecule has 0 saturated carbocycles. The van der Waals surface area contributed by atoms with Crippen LogP contribution in [0.25, 0.3) is 0 Å². The molecule has 100 valence electrons. The molecule has 4 nitrogen and oxygen atoms in total. The SMILES string of the molecule is Fc1cccc(CNc2nnc3n2CCCCC3)c1. The van der Waals surface area contributed by atoms with Crippen LogP contribution in [0.4, 0.5) is 10.3 Å². The second-order valence-corrected chi connectivity index (χ2v) is 4.89. The van der Waals surface area contributed by atoms with Crippen LogP contribution in [0.5, 0.6) is 0 Å². The molecule has 0 spiro atoms. The van der Waals surface area contributed by atoms with E-state index in [1.165, 1.54) is 31.4 Å². The molecule has 0 amide bonds. The summed E-state index contributed by atoms with van der Waals surface area (Å²) < 4.78 is 15.2. The molecule has 0 aliphatic carbocycles. The summed E-state index contributed by atoms with van der Waals surface area (Å²) in [5.74, 6) is 1.64.